The van der Waals surface area contributed by atoms with Gasteiger partial charge >= 0.3 is 0 Å². The summed E-state index contributed by atoms with van der Waals surface area (Å²) >= 11 is 1.52. The summed E-state index contributed by atoms with van der Waals surface area (Å²) in [7, 11) is 0. The van der Waals surface area contributed by atoms with Crippen molar-refractivity contribution in [2.75, 3.05) is 0 Å². The highest BCUT2D eigenvalue weighted by atomic mass is 32.1. The number of nitrogens with zero attached hydrogens (tertiary/aromatic N) is 1. The molecule has 5 nitrogen and oxygen atoms in total. The lowest BCUT2D eigenvalue weighted by Crippen LogP contribution is -2.23. The van der Waals surface area contributed by atoms with Crippen LogP contribution >= 0.6 is 11.3 Å². The van der Waals surface area contributed by atoms with E-state index < -0.39 is 18.3 Å². The number of hydrogen-bond donors (Lipinski definition) is 3. The Labute approximate surface area is 176 Å². The van der Waals surface area contributed by atoms with Gasteiger partial charge in [-0.05, 0) is 63.0 Å². The number of aliphatic hydroxyl groups is 3. The van der Waals surface area contributed by atoms with Gasteiger partial charge in [-0.2, -0.15) is 0 Å². The largest absolute Gasteiger partial charge is 0.393 e. The van der Waals surface area contributed by atoms with E-state index >= 15 is 0 Å². The van der Waals surface area contributed by atoms with Gasteiger partial charge in [0, 0.05) is 6.42 Å². The molecule has 1 aromatic carbocycles. The van der Waals surface area contributed by atoms with E-state index in [-0.39, 0.29) is 17.6 Å². The van der Waals surface area contributed by atoms with E-state index in [1.54, 1.807) is 6.92 Å². The summed E-state index contributed by atoms with van der Waals surface area (Å²) in [5.74, 6) is 0.345. The Morgan fingerprint density at radius 1 is 1.10 bits per heavy atom. The van der Waals surface area contributed by atoms with Crippen molar-refractivity contribution in [3.8, 4) is 0 Å². The smallest absolute Gasteiger partial charge is 0.129 e. The monoisotopic (exact) mass is 419 g/mol. The standard InChI is InChI=1S/C23H33NO4S/c1-15(25)8-4-2-3-5-9-16-17(21(28)14-20(16)27)12-13-19(26)23-24-18-10-6-7-11-22(18)29-23/h6-7,10-11,16-17,19-21,26-28H,2-5,8-9,12-14H2,1H3/t16-,17-,19?,20+,21-/m1/s1. The number of benzene rings is 1. The van der Waals surface area contributed by atoms with Gasteiger partial charge in [-0.15, -0.1) is 11.3 Å². The Morgan fingerprint density at radius 2 is 1.79 bits per heavy atom. The lowest BCUT2D eigenvalue weighted by molar-refractivity contribution is -0.117. The number of unbranched alkanes of at least 4 members (excludes halogenated alkanes) is 3. The number of aliphatic hydroxyl groups excluding tert-OH is 3. The van der Waals surface area contributed by atoms with Gasteiger partial charge in [0.2, 0.25) is 0 Å². The molecule has 6 heteroatoms. The number of aromatic nitrogens is 1. The number of thiazole rings is 1. The van der Waals surface area contributed by atoms with E-state index in [1.165, 1.54) is 11.3 Å². The molecule has 1 aromatic heterocycles. The lowest BCUT2D eigenvalue weighted by atomic mass is 9.85. The van der Waals surface area contributed by atoms with Gasteiger partial charge in [-0.25, -0.2) is 4.98 Å². The van der Waals surface area contributed by atoms with E-state index in [4.69, 9.17) is 0 Å². The molecule has 3 rings (SSSR count). The maximum Gasteiger partial charge on any atom is 0.129 e. The number of Topliss-reactive ketones (excluding diaryl/α,β-unsaturated/α-hetero) is 1. The number of hydrogen-bond acceptors (Lipinski definition) is 6. The molecule has 1 fully saturated rings. The highest BCUT2D eigenvalue weighted by molar-refractivity contribution is 7.18. The highest BCUT2D eigenvalue weighted by Gasteiger charge is 2.41. The molecule has 1 saturated carbocycles. The van der Waals surface area contributed by atoms with Gasteiger partial charge in [0.1, 0.15) is 16.9 Å². The Balaban J connectivity index is 1.48. The first kappa shape index (κ1) is 22.3. The van der Waals surface area contributed by atoms with Crippen molar-refractivity contribution in [2.45, 2.75) is 83.0 Å². The van der Waals surface area contributed by atoms with Crippen molar-refractivity contribution < 1.29 is 20.1 Å². The predicted octanol–water partition coefficient (Wildman–Crippen LogP) is 4.40. The van der Waals surface area contributed by atoms with Crippen LogP contribution in [-0.4, -0.2) is 38.3 Å². The quantitative estimate of drug-likeness (QED) is 0.470. The molecule has 5 atom stereocenters. The number of ketones is 1. The van der Waals surface area contributed by atoms with Crippen LogP contribution in [0, 0.1) is 11.8 Å². The molecule has 0 bridgehead atoms. The molecule has 1 aliphatic rings. The van der Waals surface area contributed by atoms with E-state index in [1.807, 2.05) is 24.3 Å². The van der Waals surface area contributed by atoms with Gasteiger partial charge in [0.25, 0.3) is 0 Å². The van der Waals surface area contributed by atoms with Crippen LogP contribution in [0.25, 0.3) is 10.2 Å². The maximum absolute atomic E-state index is 11.0. The molecule has 3 N–H and O–H groups in total. The third-order valence-electron chi connectivity index (χ3n) is 6.21. The van der Waals surface area contributed by atoms with Gasteiger partial charge in [-0.3, -0.25) is 0 Å². The van der Waals surface area contributed by atoms with Gasteiger partial charge in [0.05, 0.1) is 22.4 Å². The number of fused-ring (bicyclic) bond motifs is 1. The van der Waals surface area contributed by atoms with Crippen molar-refractivity contribution in [3.05, 3.63) is 29.3 Å². The summed E-state index contributed by atoms with van der Waals surface area (Å²) in [6.45, 7) is 1.63. The van der Waals surface area contributed by atoms with Crippen LogP contribution in [0.2, 0.25) is 0 Å². The molecular formula is C23H33NO4S. The molecule has 1 heterocycles. The zero-order valence-electron chi connectivity index (χ0n) is 17.2. The minimum atomic E-state index is -0.635. The normalized spacial score (nSPS) is 25.5. The molecule has 0 aliphatic heterocycles. The van der Waals surface area contributed by atoms with Gasteiger partial charge in [-0.1, -0.05) is 31.4 Å². The predicted molar refractivity (Wildman–Crippen MR) is 116 cm³/mol. The highest BCUT2D eigenvalue weighted by Crippen LogP contribution is 2.40. The molecule has 160 valence electrons. The third kappa shape index (κ3) is 6.07. The molecule has 0 spiro atoms. The molecule has 0 amide bonds. The molecule has 0 radical (unpaired) electrons. The fraction of sp³-hybridized carbons (Fsp3) is 0.652. The molecule has 2 aromatic rings. The molecular weight excluding hydrogens is 386 g/mol. The number of rotatable bonds is 11. The van der Waals surface area contributed by atoms with Gasteiger partial charge in [0.15, 0.2) is 0 Å². The van der Waals surface area contributed by atoms with Crippen molar-refractivity contribution >= 4 is 27.3 Å². The molecule has 29 heavy (non-hydrogen) atoms. The summed E-state index contributed by atoms with van der Waals surface area (Å²) in [6, 6.07) is 7.87. The van der Waals surface area contributed by atoms with Crippen molar-refractivity contribution in [1.29, 1.82) is 0 Å². The van der Waals surface area contributed by atoms with Crippen LogP contribution in [0.1, 0.15) is 75.8 Å². The van der Waals surface area contributed by atoms with Crippen LogP contribution < -0.4 is 0 Å². The minimum Gasteiger partial charge on any atom is -0.393 e. The van der Waals surface area contributed by atoms with E-state index in [2.05, 4.69) is 4.98 Å². The van der Waals surface area contributed by atoms with E-state index in [0.29, 0.717) is 25.7 Å². The number of carbonyl (C=O) groups is 1. The Kier molecular flexibility index (Phi) is 8.18. The summed E-state index contributed by atoms with van der Waals surface area (Å²) in [5, 5.41) is 32.2. The first-order valence-electron chi connectivity index (χ1n) is 10.8. The summed E-state index contributed by atoms with van der Waals surface area (Å²) < 4.78 is 1.07. The van der Waals surface area contributed by atoms with E-state index in [9.17, 15) is 20.1 Å². The molecule has 1 unspecified atom stereocenters. The van der Waals surface area contributed by atoms with Crippen molar-refractivity contribution in [1.82, 2.24) is 4.98 Å². The van der Waals surface area contributed by atoms with E-state index in [0.717, 1.165) is 47.3 Å². The maximum atomic E-state index is 11.0. The lowest BCUT2D eigenvalue weighted by Gasteiger charge is -2.24. The first-order chi connectivity index (χ1) is 14.0. The van der Waals surface area contributed by atoms with Crippen molar-refractivity contribution in [3.63, 3.8) is 0 Å². The third-order valence-corrected chi connectivity index (χ3v) is 7.34. The fourth-order valence-corrected chi connectivity index (χ4v) is 5.58. The topological polar surface area (TPSA) is 90.7 Å². The zero-order chi connectivity index (χ0) is 20.8. The fourth-order valence-electron chi connectivity index (χ4n) is 4.59. The van der Waals surface area contributed by atoms with Crippen LogP contribution in [0.4, 0.5) is 0 Å². The van der Waals surface area contributed by atoms with Crippen LogP contribution in [-0.2, 0) is 4.79 Å². The second-order valence-corrected chi connectivity index (χ2v) is 9.53. The minimum absolute atomic E-state index is 0.0197. The number of para-hydroxylation sites is 1. The Morgan fingerprint density at radius 3 is 2.52 bits per heavy atom. The zero-order valence-corrected chi connectivity index (χ0v) is 18.0. The summed E-state index contributed by atoms with van der Waals surface area (Å²) in [6.07, 6.45) is 5.61. The second-order valence-electron chi connectivity index (χ2n) is 8.47. The summed E-state index contributed by atoms with van der Waals surface area (Å²) in [4.78, 5) is 15.5. The average Bonchev–Trinajstić information content (AvgIpc) is 3.23. The molecule has 0 saturated heterocycles. The van der Waals surface area contributed by atoms with Crippen LogP contribution in [0.15, 0.2) is 24.3 Å². The van der Waals surface area contributed by atoms with Crippen LogP contribution in [0.5, 0.6) is 0 Å². The molecule has 1 aliphatic carbocycles. The second kappa shape index (κ2) is 10.6. The van der Waals surface area contributed by atoms with Gasteiger partial charge < -0.3 is 20.1 Å². The Bertz CT molecular complexity index is 759. The Hall–Kier alpha value is -1.34. The van der Waals surface area contributed by atoms with Crippen LogP contribution in [0.3, 0.4) is 0 Å². The summed E-state index contributed by atoms with van der Waals surface area (Å²) in [5.41, 5.74) is 0.908. The van der Waals surface area contributed by atoms with Crippen molar-refractivity contribution in [2.24, 2.45) is 11.8 Å². The average molecular weight is 420 g/mol. The first-order valence-corrected chi connectivity index (χ1v) is 11.7. The SMILES string of the molecule is CC(=O)CCCCCC[C@@H]1[C@@H](CCC(O)c2nc3ccccc3s2)[C@H](O)C[C@@H]1O. The number of carbonyl (C=O) groups excluding carboxylic acids is 1.